The molecule has 0 aliphatic heterocycles. The lowest BCUT2D eigenvalue weighted by Gasteiger charge is -2.28. The van der Waals surface area contributed by atoms with Crippen LogP contribution in [0, 0.1) is 24.7 Å². The maximum Gasteiger partial charge on any atom is -0.0363 e. The van der Waals surface area contributed by atoms with E-state index in [4.69, 9.17) is 0 Å². The average molecular weight is 183 g/mol. The Bertz CT molecular complexity index is 96.6. The van der Waals surface area contributed by atoms with Gasteiger partial charge in [0.25, 0.3) is 0 Å². The summed E-state index contributed by atoms with van der Waals surface area (Å²) in [6.45, 7) is 13.4. The molecule has 0 amide bonds. The van der Waals surface area contributed by atoms with Gasteiger partial charge in [0, 0.05) is 0 Å². The first kappa shape index (κ1) is 13.0. The maximum absolute atomic E-state index is 4.03. The van der Waals surface area contributed by atoms with Gasteiger partial charge in [0.15, 0.2) is 0 Å². The molecule has 0 aliphatic carbocycles. The van der Waals surface area contributed by atoms with Gasteiger partial charge in [0.2, 0.25) is 0 Å². The van der Waals surface area contributed by atoms with Crippen LogP contribution in [0.15, 0.2) is 0 Å². The minimum atomic E-state index is 0.807. The van der Waals surface area contributed by atoms with Gasteiger partial charge in [-0.3, -0.25) is 0 Å². The molecule has 0 bridgehead atoms. The van der Waals surface area contributed by atoms with Crippen molar-refractivity contribution in [3.8, 4) is 0 Å². The summed E-state index contributed by atoms with van der Waals surface area (Å²) in [6.07, 6.45) is 6.54. The minimum Gasteiger partial charge on any atom is -0.0654 e. The minimum absolute atomic E-state index is 0.807. The van der Waals surface area contributed by atoms with E-state index in [0.717, 1.165) is 24.2 Å². The van der Waals surface area contributed by atoms with Crippen LogP contribution in [-0.4, -0.2) is 0 Å². The molecule has 0 rings (SSSR count). The van der Waals surface area contributed by atoms with Crippen LogP contribution in [-0.2, 0) is 0 Å². The molecule has 3 unspecified atom stereocenters. The molecule has 79 valence electrons. The van der Waals surface area contributed by atoms with Gasteiger partial charge in [0.05, 0.1) is 0 Å². The topological polar surface area (TPSA) is 0 Å². The van der Waals surface area contributed by atoms with Crippen LogP contribution in [0.5, 0.6) is 0 Å². The quantitative estimate of drug-likeness (QED) is 0.536. The second-order valence-electron chi connectivity index (χ2n) is 4.46. The molecule has 3 atom stereocenters. The molecular formula is C13H27. The molecule has 0 N–H and O–H groups in total. The predicted octanol–water partition coefficient (Wildman–Crippen LogP) is 4.70. The molecule has 0 spiro atoms. The monoisotopic (exact) mass is 183 g/mol. The van der Waals surface area contributed by atoms with E-state index in [9.17, 15) is 0 Å². The molecule has 0 heterocycles. The van der Waals surface area contributed by atoms with Crippen LogP contribution in [0.2, 0.25) is 0 Å². The second kappa shape index (κ2) is 7.41. The Morgan fingerprint density at radius 1 is 1.08 bits per heavy atom. The summed E-state index contributed by atoms with van der Waals surface area (Å²) in [4.78, 5) is 0. The Hall–Kier alpha value is 0. The van der Waals surface area contributed by atoms with Crippen LogP contribution in [0.3, 0.4) is 0 Å². The van der Waals surface area contributed by atoms with Crippen molar-refractivity contribution in [2.24, 2.45) is 17.8 Å². The lowest BCUT2D eigenvalue weighted by molar-refractivity contribution is 0.228. The SMILES string of the molecule is [CH2]CC(C)C(CCCC)C(C)CC. The van der Waals surface area contributed by atoms with E-state index in [1.54, 1.807) is 0 Å². The van der Waals surface area contributed by atoms with Crippen LogP contribution >= 0.6 is 0 Å². The fourth-order valence-electron chi connectivity index (χ4n) is 2.09. The van der Waals surface area contributed by atoms with Crippen molar-refractivity contribution >= 4 is 0 Å². The molecular weight excluding hydrogens is 156 g/mol. The highest BCUT2D eigenvalue weighted by atomic mass is 14.3. The molecule has 0 aliphatic rings. The Morgan fingerprint density at radius 2 is 1.69 bits per heavy atom. The molecule has 0 saturated carbocycles. The zero-order valence-electron chi connectivity index (χ0n) is 9.97. The summed E-state index contributed by atoms with van der Waals surface area (Å²) >= 11 is 0. The average Bonchev–Trinajstić information content (AvgIpc) is 2.17. The fourth-order valence-corrected chi connectivity index (χ4v) is 2.09. The molecule has 0 saturated heterocycles. The van der Waals surface area contributed by atoms with Gasteiger partial charge >= 0.3 is 0 Å². The second-order valence-corrected chi connectivity index (χ2v) is 4.46. The molecule has 0 aromatic rings. The van der Waals surface area contributed by atoms with Crippen LogP contribution < -0.4 is 0 Å². The van der Waals surface area contributed by atoms with Crippen LogP contribution in [0.4, 0.5) is 0 Å². The standard InChI is InChI=1S/C13H27/c1-6-9-10-13(11(4)7-2)12(5)8-3/h11-13H,2,6-10H2,1,3-5H3. The van der Waals surface area contributed by atoms with Gasteiger partial charge < -0.3 is 0 Å². The summed E-state index contributed by atoms with van der Waals surface area (Å²) in [5, 5.41) is 0. The van der Waals surface area contributed by atoms with E-state index in [2.05, 4.69) is 34.6 Å². The summed E-state index contributed by atoms with van der Waals surface area (Å²) in [7, 11) is 0. The van der Waals surface area contributed by atoms with Crippen molar-refractivity contribution in [3.63, 3.8) is 0 Å². The largest absolute Gasteiger partial charge is 0.0654 e. The molecule has 0 aromatic heterocycles. The van der Waals surface area contributed by atoms with Gasteiger partial charge in [-0.25, -0.2) is 0 Å². The fraction of sp³-hybridized carbons (Fsp3) is 0.923. The summed E-state index contributed by atoms with van der Waals surface area (Å²) in [5.41, 5.74) is 0. The molecule has 0 aromatic carbocycles. The molecule has 13 heavy (non-hydrogen) atoms. The Kier molecular flexibility index (Phi) is 7.41. The predicted molar refractivity (Wildman–Crippen MR) is 61.6 cm³/mol. The molecule has 0 fully saturated rings. The smallest absolute Gasteiger partial charge is 0.0363 e. The lowest BCUT2D eigenvalue weighted by Crippen LogP contribution is -2.19. The van der Waals surface area contributed by atoms with Crippen LogP contribution in [0.1, 0.15) is 59.8 Å². The Balaban J connectivity index is 4.01. The third kappa shape index (κ3) is 4.69. The molecule has 0 heteroatoms. The summed E-state index contributed by atoms with van der Waals surface area (Å²) in [6, 6.07) is 0. The van der Waals surface area contributed by atoms with E-state index in [1.165, 1.54) is 25.7 Å². The van der Waals surface area contributed by atoms with E-state index >= 15 is 0 Å². The zero-order valence-corrected chi connectivity index (χ0v) is 9.97. The van der Waals surface area contributed by atoms with E-state index < -0.39 is 0 Å². The lowest BCUT2D eigenvalue weighted by atomic mass is 9.78. The molecule has 0 nitrogen and oxygen atoms in total. The van der Waals surface area contributed by atoms with Crippen molar-refractivity contribution in [2.75, 3.05) is 0 Å². The normalized spacial score (nSPS) is 18.2. The van der Waals surface area contributed by atoms with Crippen molar-refractivity contribution in [3.05, 3.63) is 6.92 Å². The van der Waals surface area contributed by atoms with Crippen LogP contribution in [0.25, 0.3) is 0 Å². The van der Waals surface area contributed by atoms with Gasteiger partial charge in [-0.05, 0) is 24.2 Å². The number of hydrogen-bond donors (Lipinski definition) is 0. The first-order chi connectivity index (χ1) is 6.17. The highest BCUT2D eigenvalue weighted by molar-refractivity contribution is 4.72. The third-order valence-corrected chi connectivity index (χ3v) is 3.45. The van der Waals surface area contributed by atoms with E-state index in [1.807, 2.05) is 0 Å². The third-order valence-electron chi connectivity index (χ3n) is 3.45. The maximum atomic E-state index is 4.03. The van der Waals surface area contributed by atoms with Crippen molar-refractivity contribution in [1.29, 1.82) is 0 Å². The van der Waals surface area contributed by atoms with Crippen molar-refractivity contribution in [2.45, 2.75) is 59.8 Å². The first-order valence-corrected chi connectivity index (χ1v) is 5.96. The Labute approximate surface area is 85.1 Å². The van der Waals surface area contributed by atoms with Crippen molar-refractivity contribution < 1.29 is 0 Å². The summed E-state index contributed by atoms with van der Waals surface area (Å²) in [5.74, 6) is 2.59. The first-order valence-electron chi connectivity index (χ1n) is 5.96. The number of hydrogen-bond acceptors (Lipinski definition) is 0. The highest BCUT2D eigenvalue weighted by Gasteiger charge is 2.20. The number of rotatable bonds is 7. The van der Waals surface area contributed by atoms with Gasteiger partial charge in [0.1, 0.15) is 0 Å². The van der Waals surface area contributed by atoms with E-state index in [-0.39, 0.29) is 0 Å². The number of unbranched alkanes of at least 4 members (excludes halogenated alkanes) is 1. The van der Waals surface area contributed by atoms with Gasteiger partial charge in [-0.15, -0.1) is 0 Å². The van der Waals surface area contributed by atoms with Gasteiger partial charge in [-0.1, -0.05) is 60.3 Å². The zero-order chi connectivity index (χ0) is 10.3. The van der Waals surface area contributed by atoms with Gasteiger partial charge in [-0.2, -0.15) is 0 Å². The summed E-state index contributed by atoms with van der Waals surface area (Å²) < 4.78 is 0. The molecule has 1 radical (unpaired) electrons. The van der Waals surface area contributed by atoms with Crippen molar-refractivity contribution in [1.82, 2.24) is 0 Å². The Morgan fingerprint density at radius 3 is 2.08 bits per heavy atom. The van der Waals surface area contributed by atoms with E-state index in [0.29, 0.717) is 0 Å². The highest BCUT2D eigenvalue weighted by Crippen LogP contribution is 2.30.